The number of aromatic nitrogens is 1. The lowest BCUT2D eigenvalue weighted by molar-refractivity contribution is 0.419. The van der Waals surface area contributed by atoms with Gasteiger partial charge < -0.3 is 15.0 Å². The highest BCUT2D eigenvalue weighted by molar-refractivity contribution is 7.90. The summed E-state index contributed by atoms with van der Waals surface area (Å²) in [4.78, 5) is 3.59. The monoisotopic (exact) mass is 344 g/mol. The number of methoxy groups -OCH3 is 1. The Morgan fingerprint density at radius 1 is 1.12 bits per heavy atom. The maximum atomic E-state index is 11.5. The number of H-pyrrole nitrogens is 1. The molecule has 0 radical (unpaired) electrons. The summed E-state index contributed by atoms with van der Waals surface area (Å²) in [6, 6.07) is 12.7. The first-order valence-electron chi connectivity index (χ1n) is 7.66. The van der Waals surface area contributed by atoms with Crippen LogP contribution in [0.1, 0.15) is 5.56 Å². The van der Waals surface area contributed by atoms with E-state index in [1.54, 1.807) is 31.4 Å². The summed E-state index contributed by atoms with van der Waals surface area (Å²) in [5.74, 6) is 0.862. The molecule has 0 aliphatic heterocycles. The number of rotatable bonds is 6. The van der Waals surface area contributed by atoms with Crippen molar-refractivity contribution in [3.05, 3.63) is 54.2 Å². The Kier molecular flexibility index (Phi) is 4.49. The van der Waals surface area contributed by atoms with Gasteiger partial charge in [0.15, 0.2) is 9.84 Å². The zero-order chi connectivity index (χ0) is 17.2. The highest BCUT2D eigenvalue weighted by Gasteiger charge is 2.09. The normalized spacial score (nSPS) is 11.6. The minimum absolute atomic E-state index is 0.328. The van der Waals surface area contributed by atoms with Crippen LogP contribution in [0.5, 0.6) is 5.75 Å². The Balaban J connectivity index is 1.69. The van der Waals surface area contributed by atoms with Crippen LogP contribution < -0.4 is 10.1 Å². The number of benzene rings is 2. The van der Waals surface area contributed by atoms with Crippen molar-refractivity contribution < 1.29 is 13.2 Å². The van der Waals surface area contributed by atoms with Crippen LogP contribution in [0.3, 0.4) is 0 Å². The second-order valence-electron chi connectivity index (χ2n) is 5.67. The predicted octanol–water partition coefficient (Wildman–Crippen LogP) is 3.23. The second-order valence-corrected chi connectivity index (χ2v) is 7.69. The number of nitrogens with one attached hydrogen (secondary N) is 2. The zero-order valence-corrected chi connectivity index (χ0v) is 14.5. The van der Waals surface area contributed by atoms with Crippen LogP contribution in [0.2, 0.25) is 0 Å². The van der Waals surface area contributed by atoms with Gasteiger partial charge in [0.25, 0.3) is 0 Å². The fourth-order valence-electron chi connectivity index (χ4n) is 2.75. The van der Waals surface area contributed by atoms with Gasteiger partial charge in [0.2, 0.25) is 0 Å². The van der Waals surface area contributed by atoms with Gasteiger partial charge in [-0.05, 0) is 48.4 Å². The number of ether oxygens (including phenoxy) is 1. The first kappa shape index (κ1) is 16.4. The quantitative estimate of drug-likeness (QED) is 0.720. The van der Waals surface area contributed by atoms with E-state index in [1.165, 1.54) is 11.8 Å². The van der Waals surface area contributed by atoms with Gasteiger partial charge in [-0.2, -0.15) is 0 Å². The minimum Gasteiger partial charge on any atom is -0.496 e. The maximum absolute atomic E-state index is 11.5. The van der Waals surface area contributed by atoms with Crippen molar-refractivity contribution in [2.75, 3.05) is 25.2 Å². The Bertz CT molecular complexity index is 944. The van der Waals surface area contributed by atoms with Crippen LogP contribution >= 0.6 is 0 Å². The molecule has 1 heterocycles. The van der Waals surface area contributed by atoms with Crippen LogP contribution in [-0.2, 0) is 16.3 Å². The van der Waals surface area contributed by atoms with Gasteiger partial charge in [-0.1, -0.05) is 6.07 Å². The molecule has 126 valence electrons. The number of fused-ring (bicyclic) bond motifs is 1. The molecule has 0 bridgehead atoms. The van der Waals surface area contributed by atoms with Crippen LogP contribution in [0.4, 0.5) is 5.69 Å². The summed E-state index contributed by atoms with van der Waals surface area (Å²) in [6.07, 6.45) is 4.04. The first-order chi connectivity index (χ1) is 11.5. The van der Waals surface area contributed by atoms with Gasteiger partial charge in [0, 0.05) is 35.6 Å². The highest BCUT2D eigenvalue weighted by atomic mass is 32.2. The highest BCUT2D eigenvalue weighted by Crippen LogP contribution is 2.28. The Labute approximate surface area is 141 Å². The van der Waals surface area contributed by atoms with E-state index in [4.69, 9.17) is 4.74 Å². The van der Waals surface area contributed by atoms with E-state index in [0.717, 1.165) is 35.3 Å². The maximum Gasteiger partial charge on any atom is 0.175 e. The summed E-state index contributed by atoms with van der Waals surface area (Å²) in [5, 5.41) is 4.42. The summed E-state index contributed by atoms with van der Waals surface area (Å²) in [6.45, 7) is 0.739. The number of aromatic amines is 1. The summed E-state index contributed by atoms with van der Waals surface area (Å²) in [5.41, 5.74) is 3.14. The lowest BCUT2D eigenvalue weighted by Gasteiger charge is -2.08. The van der Waals surface area contributed by atoms with E-state index >= 15 is 0 Å². The zero-order valence-electron chi connectivity index (χ0n) is 13.7. The average molecular weight is 344 g/mol. The van der Waals surface area contributed by atoms with E-state index in [2.05, 4.69) is 10.3 Å². The van der Waals surface area contributed by atoms with Gasteiger partial charge in [-0.3, -0.25) is 0 Å². The van der Waals surface area contributed by atoms with Crippen LogP contribution in [0.25, 0.3) is 10.9 Å². The van der Waals surface area contributed by atoms with Gasteiger partial charge in [0.05, 0.1) is 12.0 Å². The molecule has 0 unspecified atom stereocenters. The summed E-state index contributed by atoms with van der Waals surface area (Å²) in [7, 11) is -1.48. The molecule has 2 N–H and O–H groups in total. The molecule has 24 heavy (non-hydrogen) atoms. The van der Waals surface area contributed by atoms with Crippen molar-refractivity contribution in [1.29, 1.82) is 0 Å². The van der Waals surface area contributed by atoms with Gasteiger partial charge >= 0.3 is 0 Å². The minimum atomic E-state index is -3.15. The molecule has 0 aliphatic carbocycles. The Morgan fingerprint density at radius 2 is 1.88 bits per heavy atom. The lowest BCUT2D eigenvalue weighted by Crippen LogP contribution is -2.05. The second kappa shape index (κ2) is 6.57. The SMILES string of the molecule is COc1cccc2[nH]cc(CCNc3ccc(S(C)(=O)=O)cc3)c12. The molecule has 0 saturated heterocycles. The van der Waals surface area contributed by atoms with Crippen molar-refractivity contribution in [3.8, 4) is 5.75 Å². The fourth-order valence-corrected chi connectivity index (χ4v) is 3.38. The number of hydrogen-bond acceptors (Lipinski definition) is 4. The lowest BCUT2D eigenvalue weighted by atomic mass is 10.1. The molecule has 0 amide bonds. The molecule has 3 rings (SSSR count). The molecule has 5 nitrogen and oxygen atoms in total. The van der Waals surface area contributed by atoms with E-state index in [-0.39, 0.29) is 0 Å². The largest absolute Gasteiger partial charge is 0.496 e. The van der Waals surface area contributed by atoms with Crippen molar-refractivity contribution in [1.82, 2.24) is 4.98 Å². The molecular formula is C18H20N2O3S. The number of sulfone groups is 1. The van der Waals surface area contributed by atoms with Crippen molar-refractivity contribution in [3.63, 3.8) is 0 Å². The molecule has 0 atom stereocenters. The third-order valence-electron chi connectivity index (χ3n) is 3.98. The first-order valence-corrected chi connectivity index (χ1v) is 9.55. The fraction of sp³-hybridized carbons (Fsp3) is 0.222. The molecular weight excluding hydrogens is 324 g/mol. The van der Waals surface area contributed by atoms with Gasteiger partial charge in [0.1, 0.15) is 5.75 Å². The number of anilines is 1. The average Bonchev–Trinajstić information content (AvgIpc) is 2.98. The third kappa shape index (κ3) is 3.38. The van der Waals surface area contributed by atoms with Crippen LogP contribution in [0, 0.1) is 0 Å². The van der Waals surface area contributed by atoms with Crippen molar-refractivity contribution in [2.45, 2.75) is 11.3 Å². The summed E-state index contributed by atoms with van der Waals surface area (Å²) >= 11 is 0. The Hall–Kier alpha value is -2.47. The van der Waals surface area contributed by atoms with E-state index in [1.807, 2.05) is 24.4 Å². The van der Waals surface area contributed by atoms with Gasteiger partial charge in [-0.25, -0.2) is 8.42 Å². The topological polar surface area (TPSA) is 71.2 Å². The smallest absolute Gasteiger partial charge is 0.175 e. The molecule has 6 heteroatoms. The molecule has 1 aromatic heterocycles. The molecule has 0 spiro atoms. The number of hydrogen-bond donors (Lipinski definition) is 2. The molecule has 3 aromatic rings. The van der Waals surface area contributed by atoms with Crippen LogP contribution in [0.15, 0.2) is 53.6 Å². The van der Waals surface area contributed by atoms with Crippen molar-refractivity contribution in [2.24, 2.45) is 0 Å². The summed E-state index contributed by atoms with van der Waals surface area (Å²) < 4.78 is 28.4. The Morgan fingerprint density at radius 3 is 2.54 bits per heavy atom. The van der Waals surface area contributed by atoms with E-state index < -0.39 is 9.84 Å². The van der Waals surface area contributed by atoms with Crippen LogP contribution in [-0.4, -0.2) is 33.3 Å². The third-order valence-corrected chi connectivity index (χ3v) is 5.10. The molecule has 2 aromatic carbocycles. The van der Waals surface area contributed by atoms with Gasteiger partial charge in [-0.15, -0.1) is 0 Å². The van der Waals surface area contributed by atoms with Crippen molar-refractivity contribution >= 4 is 26.4 Å². The van der Waals surface area contributed by atoms with E-state index in [9.17, 15) is 8.42 Å². The molecule has 0 aliphatic rings. The molecule has 0 saturated carbocycles. The van der Waals surface area contributed by atoms with E-state index in [0.29, 0.717) is 4.90 Å². The standard InChI is InChI=1S/C18H20N2O3S/c1-23-17-5-3-4-16-18(17)13(12-20-16)10-11-19-14-6-8-15(9-7-14)24(2,21)22/h3-9,12,19-20H,10-11H2,1-2H3. The molecule has 0 fully saturated rings. The predicted molar refractivity (Wildman–Crippen MR) is 96.6 cm³/mol.